The molecule has 2 aliphatic heterocycles. The summed E-state index contributed by atoms with van der Waals surface area (Å²) in [5.74, 6) is 2.85. The first-order valence-electron chi connectivity index (χ1n) is 12.1. The van der Waals surface area contributed by atoms with Gasteiger partial charge in [0.15, 0.2) is 0 Å². The fraction of sp³-hybridized carbons (Fsp3) is 0.370. The van der Waals surface area contributed by atoms with Gasteiger partial charge in [-0.15, -0.1) is 0 Å². The molecule has 0 bridgehead atoms. The van der Waals surface area contributed by atoms with Crippen LogP contribution in [0.25, 0.3) is 11.1 Å². The number of amides is 1. The lowest BCUT2D eigenvalue weighted by Gasteiger charge is -2.37. The molecule has 0 unspecified atom stereocenters. The fourth-order valence-corrected chi connectivity index (χ4v) is 4.65. The summed E-state index contributed by atoms with van der Waals surface area (Å²) in [5.41, 5.74) is 3.02. The van der Waals surface area contributed by atoms with Crippen LogP contribution in [0.3, 0.4) is 0 Å². The Balaban J connectivity index is 1.22. The smallest absolute Gasteiger partial charge is 0.253 e. The molecular weight excluding hydrogens is 424 g/mol. The van der Waals surface area contributed by atoms with E-state index in [2.05, 4.69) is 39.9 Å². The third kappa shape index (κ3) is 4.89. The highest BCUT2D eigenvalue weighted by molar-refractivity contribution is 5.95. The monoisotopic (exact) mass is 456 g/mol. The maximum absolute atomic E-state index is 13.1. The van der Waals surface area contributed by atoms with Gasteiger partial charge in [-0.1, -0.05) is 42.5 Å². The van der Waals surface area contributed by atoms with Crippen molar-refractivity contribution in [3.63, 3.8) is 0 Å². The second-order valence-electron chi connectivity index (χ2n) is 9.14. The number of carbonyl (C=O) groups excluding carboxylic acids is 1. The van der Waals surface area contributed by atoms with Crippen LogP contribution in [0.15, 0.2) is 60.7 Å². The Kier molecular flexibility index (Phi) is 6.45. The first kappa shape index (κ1) is 22.3. The number of rotatable bonds is 4. The Labute approximate surface area is 201 Å². The van der Waals surface area contributed by atoms with Crippen LogP contribution in [-0.2, 0) is 0 Å². The third-order valence-electron chi connectivity index (χ3n) is 6.77. The van der Waals surface area contributed by atoms with Gasteiger partial charge in [-0.25, -0.2) is 9.97 Å². The van der Waals surface area contributed by atoms with Gasteiger partial charge >= 0.3 is 0 Å². The maximum Gasteiger partial charge on any atom is 0.253 e. The minimum absolute atomic E-state index is 0.0938. The number of aromatic nitrogens is 2. The molecule has 2 aromatic carbocycles. The fourth-order valence-electron chi connectivity index (χ4n) is 4.65. The number of aryl methyl sites for hydroxylation is 1. The highest BCUT2D eigenvalue weighted by atomic mass is 16.2. The molecular formula is C27H32N6O. The van der Waals surface area contributed by atoms with E-state index in [1.165, 1.54) is 0 Å². The number of hydrogen-bond acceptors (Lipinski definition) is 6. The Hall–Kier alpha value is -3.45. The van der Waals surface area contributed by atoms with Gasteiger partial charge in [0.05, 0.1) is 0 Å². The summed E-state index contributed by atoms with van der Waals surface area (Å²) in [6, 6.07) is 20.3. The Morgan fingerprint density at radius 3 is 1.82 bits per heavy atom. The predicted molar refractivity (Wildman–Crippen MR) is 136 cm³/mol. The number of carbonyl (C=O) groups is 1. The number of hydrogen-bond donors (Lipinski definition) is 0. The van der Waals surface area contributed by atoms with Gasteiger partial charge in [0.1, 0.15) is 17.5 Å². The number of piperazine rings is 2. The first-order chi connectivity index (χ1) is 16.6. The van der Waals surface area contributed by atoms with E-state index < -0.39 is 0 Å². The summed E-state index contributed by atoms with van der Waals surface area (Å²) in [4.78, 5) is 31.4. The van der Waals surface area contributed by atoms with Crippen LogP contribution in [0.4, 0.5) is 11.6 Å². The van der Waals surface area contributed by atoms with Crippen molar-refractivity contribution >= 4 is 17.5 Å². The number of nitrogens with zero attached hydrogens (tertiary/aromatic N) is 6. The Morgan fingerprint density at radius 2 is 1.24 bits per heavy atom. The van der Waals surface area contributed by atoms with Crippen LogP contribution in [-0.4, -0.2) is 85.1 Å². The van der Waals surface area contributed by atoms with Crippen LogP contribution in [0.5, 0.6) is 0 Å². The molecule has 0 radical (unpaired) electrons. The van der Waals surface area contributed by atoms with Gasteiger partial charge in [-0.05, 0) is 37.2 Å². The zero-order valence-corrected chi connectivity index (χ0v) is 20.0. The van der Waals surface area contributed by atoms with Gasteiger partial charge in [-0.3, -0.25) is 4.79 Å². The standard InChI is InChI=1S/C27H32N6O/c1-21-28-25(31-14-12-30(2)13-15-31)20-26(29-21)32-16-18-33(19-17-32)27(34)24-10-8-23(9-11-24)22-6-4-3-5-7-22/h3-11,20H,12-19H2,1-2H3. The first-order valence-corrected chi connectivity index (χ1v) is 12.1. The largest absolute Gasteiger partial charge is 0.354 e. The summed E-state index contributed by atoms with van der Waals surface area (Å²) in [7, 11) is 2.16. The lowest BCUT2D eigenvalue weighted by molar-refractivity contribution is 0.0746. The zero-order chi connectivity index (χ0) is 23.5. The van der Waals surface area contributed by atoms with Crippen molar-refractivity contribution in [2.75, 3.05) is 69.2 Å². The average Bonchev–Trinajstić information content (AvgIpc) is 2.89. The molecule has 1 aromatic heterocycles. The van der Waals surface area contributed by atoms with E-state index in [1.807, 2.05) is 54.3 Å². The van der Waals surface area contributed by atoms with Crippen molar-refractivity contribution in [1.82, 2.24) is 19.8 Å². The molecule has 7 heteroatoms. The summed E-state index contributed by atoms with van der Waals surface area (Å²) < 4.78 is 0. The van der Waals surface area contributed by atoms with Crippen molar-refractivity contribution in [3.05, 3.63) is 72.1 Å². The molecule has 0 atom stereocenters. The van der Waals surface area contributed by atoms with Crippen molar-refractivity contribution in [3.8, 4) is 11.1 Å². The molecule has 2 fully saturated rings. The highest BCUT2D eigenvalue weighted by Gasteiger charge is 2.24. The lowest BCUT2D eigenvalue weighted by Crippen LogP contribution is -2.49. The van der Waals surface area contributed by atoms with Gasteiger partial charge in [0.25, 0.3) is 5.91 Å². The molecule has 1 amide bonds. The molecule has 7 nitrogen and oxygen atoms in total. The van der Waals surface area contributed by atoms with Crippen LogP contribution >= 0.6 is 0 Å². The predicted octanol–water partition coefficient (Wildman–Crippen LogP) is 3.17. The van der Waals surface area contributed by atoms with E-state index in [4.69, 9.17) is 9.97 Å². The second-order valence-corrected chi connectivity index (χ2v) is 9.14. The molecule has 0 saturated carbocycles. The Bertz CT molecular complexity index is 1120. The summed E-state index contributed by atoms with van der Waals surface area (Å²) in [6.45, 7) is 8.94. The number of likely N-dealkylation sites (N-methyl/N-ethyl adjacent to an activating group) is 1. The van der Waals surface area contributed by atoms with Crippen LogP contribution in [0.2, 0.25) is 0 Å². The normalized spacial score (nSPS) is 17.2. The maximum atomic E-state index is 13.1. The number of benzene rings is 2. The quantitative estimate of drug-likeness (QED) is 0.601. The van der Waals surface area contributed by atoms with Gasteiger partial charge in [0, 0.05) is 64.0 Å². The summed E-state index contributed by atoms with van der Waals surface area (Å²) >= 11 is 0. The van der Waals surface area contributed by atoms with Crippen LogP contribution in [0.1, 0.15) is 16.2 Å². The second kappa shape index (κ2) is 9.81. The molecule has 176 valence electrons. The average molecular weight is 457 g/mol. The summed E-state index contributed by atoms with van der Waals surface area (Å²) in [5, 5.41) is 0. The molecule has 3 aromatic rings. The SMILES string of the molecule is Cc1nc(N2CCN(C)CC2)cc(N2CCN(C(=O)c3ccc(-c4ccccc4)cc3)CC2)n1. The van der Waals surface area contributed by atoms with Gasteiger partial charge in [0.2, 0.25) is 0 Å². The minimum atomic E-state index is 0.0938. The minimum Gasteiger partial charge on any atom is -0.354 e. The lowest BCUT2D eigenvalue weighted by atomic mass is 10.0. The van der Waals surface area contributed by atoms with Crippen molar-refractivity contribution < 1.29 is 4.79 Å². The van der Waals surface area contributed by atoms with E-state index in [0.717, 1.165) is 73.4 Å². The van der Waals surface area contributed by atoms with Crippen molar-refractivity contribution in [2.24, 2.45) is 0 Å². The van der Waals surface area contributed by atoms with Crippen LogP contribution < -0.4 is 9.80 Å². The zero-order valence-electron chi connectivity index (χ0n) is 20.0. The van der Waals surface area contributed by atoms with E-state index in [0.29, 0.717) is 13.1 Å². The molecule has 3 heterocycles. The summed E-state index contributed by atoms with van der Waals surface area (Å²) in [6.07, 6.45) is 0. The molecule has 34 heavy (non-hydrogen) atoms. The third-order valence-corrected chi connectivity index (χ3v) is 6.77. The van der Waals surface area contributed by atoms with E-state index >= 15 is 0 Å². The molecule has 2 aliphatic rings. The molecule has 0 N–H and O–H groups in total. The highest BCUT2D eigenvalue weighted by Crippen LogP contribution is 2.23. The van der Waals surface area contributed by atoms with Crippen LogP contribution in [0, 0.1) is 6.92 Å². The topological polar surface area (TPSA) is 55.8 Å². The molecule has 5 rings (SSSR count). The van der Waals surface area contributed by atoms with E-state index in [9.17, 15) is 4.79 Å². The van der Waals surface area contributed by atoms with Crippen molar-refractivity contribution in [1.29, 1.82) is 0 Å². The van der Waals surface area contributed by atoms with Gasteiger partial charge in [-0.2, -0.15) is 0 Å². The van der Waals surface area contributed by atoms with E-state index in [-0.39, 0.29) is 5.91 Å². The Morgan fingerprint density at radius 1 is 0.706 bits per heavy atom. The number of anilines is 2. The van der Waals surface area contributed by atoms with Gasteiger partial charge < -0.3 is 19.6 Å². The molecule has 0 aliphatic carbocycles. The van der Waals surface area contributed by atoms with Crippen molar-refractivity contribution in [2.45, 2.75) is 6.92 Å². The molecule has 2 saturated heterocycles. The molecule has 0 spiro atoms. The van der Waals surface area contributed by atoms with E-state index in [1.54, 1.807) is 0 Å².